The van der Waals surface area contributed by atoms with Crippen LogP contribution in [0.1, 0.15) is 36.1 Å². The molecule has 0 aromatic carbocycles. The summed E-state index contributed by atoms with van der Waals surface area (Å²) < 4.78 is 23.2. The van der Waals surface area contributed by atoms with Crippen LogP contribution in [0.2, 0.25) is 0 Å². The maximum atomic E-state index is 11.6. The first kappa shape index (κ1) is 11.3. The van der Waals surface area contributed by atoms with E-state index in [9.17, 15) is 13.2 Å². The Morgan fingerprint density at radius 2 is 2.31 bits per heavy atom. The number of carbonyl (C=O) groups excluding carboxylic acids is 1. The molecule has 2 rings (SSSR count). The van der Waals surface area contributed by atoms with Crippen LogP contribution in [0.3, 0.4) is 0 Å². The highest BCUT2D eigenvalue weighted by Gasteiger charge is 2.38. The SMILES string of the molecule is CC1(c2ncc(C=O)[nH]2)CCCS(=O)(=O)C1. The summed E-state index contributed by atoms with van der Waals surface area (Å²) in [6.07, 6.45) is 3.54. The molecule has 0 aliphatic carbocycles. The normalized spacial score (nSPS) is 28.8. The van der Waals surface area contributed by atoms with Crippen molar-refractivity contribution in [3.05, 3.63) is 17.7 Å². The van der Waals surface area contributed by atoms with Gasteiger partial charge in [0.1, 0.15) is 5.82 Å². The highest BCUT2D eigenvalue weighted by molar-refractivity contribution is 7.91. The molecule has 1 N–H and O–H groups in total. The first-order valence-corrected chi connectivity index (χ1v) is 6.98. The zero-order valence-corrected chi connectivity index (χ0v) is 9.88. The number of aromatic nitrogens is 2. The lowest BCUT2D eigenvalue weighted by Gasteiger charge is -2.31. The molecule has 1 atom stereocenters. The zero-order chi connectivity index (χ0) is 11.8. The molecule has 1 aliphatic heterocycles. The predicted octanol–water partition coefficient (Wildman–Crippen LogP) is 0.689. The maximum Gasteiger partial charge on any atom is 0.167 e. The van der Waals surface area contributed by atoms with Gasteiger partial charge in [0.25, 0.3) is 0 Å². The number of nitrogens with one attached hydrogen (secondary N) is 1. The van der Waals surface area contributed by atoms with Crippen LogP contribution < -0.4 is 0 Å². The first-order chi connectivity index (χ1) is 7.45. The van der Waals surface area contributed by atoms with Gasteiger partial charge in [0.05, 0.1) is 23.4 Å². The van der Waals surface area contributed by atoms with Crippen molar-refractivity contribution in [1.29, 1.82) is 0 Å². The Morgan fingerprint density at radius 3 is 2.88 bits per heavy atom. The molecule has 1 aliphatic rings. The fourth-order valence-corrected chi connectivity index (χ4v) is 4.18. The minimum Gasteiger partial charge on any atom is -0.339 e. The summed E-state index contributed by atoms with van der Waals surface area (Å²) in [4.78, 5) is 17.5. The fourth-order valence-electron chi connectivity index (χ4n) is 2.20. The van der Waals surface area contributed by atoms with Gasteiger partial charge >= 0.3 is 0 Å². The topological polar surface area (TPSA) is 79.9 Å². The number of carbonyl (C=O) groups is 1. The lowest BCUT2D eigenvalue weighted by atomic mass is 9.86. The lowest BCUT2D eigenvalue weighted by Crippen LogP contribution is -2.38. The third kappa shape index (κ3) is 2.02. The summed E-state index contributed by atoms with van der Waals surface area (Å²) in [6, 6.07) is 0. The summed E-state index contributed by atoms with van der Waals surface area (Å²) in [5.74, 6) is 0.952. The van der Waals surface area contributed by atoms with E-state index in [1.807, 2.05) is 6.92 Å². The van der Waals surface area contributed by atoms with Crippen molar-refractivity contribution in [1.82, 2.24) is 9.97 Å². The zero-order valence-electron chi connectivity index (χ0n) is 9.06. The molecule has 16 heavy (non-hydrogen) atoms. The molecule has 88 valence electrons. The largest absolute Gasteiger partial charge is 0.339 e. The van der Waals surface area contributed by atoms with Gasteiger partial charge < -0.3 is 4.98 Å². The molecular weight excluding hydrogens is 228 g/mol. The number of imidazole rings is 1. The van der Waals surface area contributed by atoms with Crippen LogP contribution in [0.5, 0.6) is 0 Å². The van der Waals surface area contributed by atoms with Gasteiger partial charge in [-0.25, -0.2) is 13.4 Å². The second kappa shape index (κ2) is 3.69. The molecule has 0 radical (unpaired) electrons. The van der Waals surface area contributed by atoms with Crippen molar-refractivity contribution in [3.8, 4) is 0 Å². The van der Waals surface area contributed by atoms with Crippen LogP contribution in [0.4, 0.5) is 0 Å². The quantitative estimate of drug-likeness (QED) is 0.774. The predicted molar refractivity (Wildman–Crippen MR) is 59.2 cm³/mol. The summed E-state index contributed by atoms with van der Waals surface area (Å²) >= 11 is 0. The molecule has 6 heteroatoms. The molecule has 1 aromatic rings. The second-order valence-corrected chi connectivity index (χ2v) is 6.75. The molecule has 0 amide bonds. The van der Waals surface area contributed by atoms with Crippen molar-refractivity contribution in [3.63, 3.8) is 0 Å². The number of hydrogen-bond donors (Lipinski definition) is 1. The van der Waals surface area contributed by atoms with E-state index in [0.29, 0.717) is 24.2 Å². The van der Waals surface area contributed by atoms with Crippen molar-refractivity contribution in [2.24, 2.45) is 0 Å². The van der Waals surface area contributed by atoms with Crippen molar-refractivity contribution >= 4 is 16.1 Å². The standard InChI is InChI=1S/C10H14N2O3S/c1-10(3-2-4-16(14,15)7-10)9-11-5-8(6-13)12-9/h5-6H,2-4,7H2,1H3,(H,11,12). The Hall–Kier alpha value is -1.17. The number of aldehydes is 1. The van der Waals surface area contributed by atoms with Gasteiger partial charge in [-0.05, 0) is 12.8 Å². The average Bonchev–Trinajstić information content (AvgIpc) is 2.64. The van der Waals surface area contributed by atoms with Gasteiger partial charge in [0.2, 0.25) is 0 Å². The van der Waals surface area contributed by atoms with E-state index in [4.69, 9.17) is 0 Å². The number of aromatic amines is 1. The lowest BCUT2D eigenvalue weighted by molar-refractivity contribution is 0.111. The molecule has 1 saturated heterocycles. The Morgan fingerprint density at radius 1 is 1.56 bits per heavy atom. The van der Waals surface area contributed by atoms with E-state index in [1.54, 1.807) is 0 Å². The van der Waals surface area contributed by atoms with Crippen LogP contribution in [0.25, 0.3) is 0 Å². The Kier molecular flexibility index (Phi) is 2.61. The van der Waals surface area contributed by atoms with Crippen LogP contribution in [0, 0.1) is 0 Å². The third-order valence-corrected chi connectivity index (χ3v) is 5.00. The van der Waals surface area contributed by atoms with E-state index < -0.39 is 15.3 Å². The van der Waals surface area contributed by atoms with Crippen molar-refractivity contribution in [2.75, 3.05) is 11.5 Å². The van der Waals surface area contributed by atoms with Crippen LogP contribution >= 0.6 is 0 Å². The highest BCUT2D eigenvalue weighted by atomic mass is 32.2. The smallest absolute Gasteiger partial charge is 0.167 e. The molecule has 0 saturated carbocycles. The number of H-pyrrole nitrogens is 1. The maximum absolute atomic E-state index is 11.6. The van der Waals surface area contributed by atoms with Gasteiger partial charge in [-0.1, -0.05) is 6.92 Å². The highest BCUT2D eigenvalue weighted by Crippen LogP contribution is 2.32. The molecule has 1 unspecified atom stereocenters. The second-order valence-electron chi connectivity index (χ2n) is 4.56. The van der Waals surface area contributed by atoms with E-state index in [2.05, 4.69) is 9.97 Å². The minimum atomic E-state index is -2.98. The van der Waals surface area contributed by atoms with E-state index in [0.717, 1.165) is 6.42 Å². The average molecular weight is 242 g/mol. The van der Waals surface area contributed by atoms with E-state index in [-0.39, 0.29) is 11.5 Å². The summed E-state index contributed by atoms with van der Waals surface area (Å²) in [7, 11) is -2.98. The van der Waals surface area contributed by atoms with Crippen molar-refractivity contribution in [2.45, 2.75) is 25.2 Å². The number of hydrogen-bond acceptors (Lipinski definition) is 4. The van der Waals surface area contributed by atoms with Crippen LogP contribution in [0.15, 0.2) is 6.20 Å². The van der Waals surface area contributed by atoms with Gasteiger partial charge in [-0.3, -0.25) is 4.79 Å². The minimum absolute atomic E-state index is 0.103. The monoisotopic (exact) mass is 242 g/mol. The van der Waals surface area contributed by atoms with Gasteiger partial charge in [0, 0.05) is 5.41 Å². The number of nitrogens with zero attached hydrogens (tertiary/aromatic N) is 1. The van der Waals surface area contributed by atoms with Gasteiger partial charge in [-0.15, -0.1) is 0 Å². The van der Waals surface area contributed by atoms with Crippen LogP contribution in [-0.4, -0.2) is 36.2 Å². The number of rotatable bonds is 2. The van der Waals surface area contributed by atoms with E-state index >= 15 is 0 Å². The van der Waals surface area contributed by atoms with Crippen molar-refractivity contribution < 1.29 is 13.2 Å². The summed E-state index contributed by atoms with van der Waals surface area (Å²) in [5, 5.41) is 0. The molecule has 0 bridgehead atoms. The van der Waals surface area contributed by atoms with E-state index in [1.165, 1.54) is 6.20 Å². The third-order valence-electron chi connectivity index (χ3n) is 3.02. The molecule has 1 fully saturated rings. The fraction of sp³-hybridized carbons (Fsp3) is 0.600. The molecule has 1 aromatic heterocycles. The summed E-state index contributed by atoms with van der Waals surface area (Å²) in [5.41, 5.74) is -0.0996. The van der Waals surface area contributed by atoms with Crippen LogP contribution in [-0.2, 0) is 15.3 Å². The van der Waals surface area contributed by atoms with Gasteiger partial charge in [-0.2, -0.15) is 0 Å². The molecule has 2 heterocycles. The molecule has 5 nitrogen and oxygen atoms in total. The molecular formula is C10H14N2O3S. The summed E-state index contributed by atoms with van der Waals surface area (Å²) in [6.45, 7) is 1.87. The Bertz CT molecular complexity index is 506. The molecule has 0 spiro atoms. The van der Waals surface area contributed by atoms with Gasteiger partial charge in [0.15, 0.2) is 16.1 Å². The number of sulfone groups is 1. The first-order valence-electron chi connectivity index (χ1n) is 5.16. The Labute approximate surface area is 94.2 Å². The Balaban J connectivity index is 2.34.